The van der Waals surface area contributed by atoms with Crippen molar-refractivity contribution in [1.29, 1.82) is 0 Å². The Morgan fingerprint density at radius 1 is 1.62 bits per heavy atom. The van der Waals surface area contributed by atoms with Crippen molar-refractivity contribution in [3.05, 3.63) is 0 Å². The van der Waals surface area contributed by atoms with Crippen LogP contribution in [0.15, 0.2) is 4.34 Å². The monoisotopic (exact) mass is 263 g/mol. The summed E-state index contributed by atoms with van der Waals surface area (Å²) in [5.41, 5.74) is 0. The van der Waals surface area contributed by atoms with Crippen LogP contribution in [0, 0.1) is 0 Å². The quantitative estimate of drug-likeness (QED) is 0.761. The largest absolute Gasteiger partial charge is 0.480 e. The predicted octanol–water partition coefficient (Wildman–Crippen LogP) is 0.796. The zero-order chi connectivity index (χ0) is 12.1. The standard InChI is InChI=1S/C8H13N3O3S2/c1-11(2)7-9-10-8(16-7)15-5(4-14-3)6(12)13/h5H,4H2,1-3H3,(H,12,13). The van der Waals surface area contributed by atoms with Gasteiger partial charge in [-0.15, -0.1) is 10.2 Å². The van der Waals surface area contributed by atoms with E-state index in [4.69, 9.17) is 9.84 Å². The van der Waals surface area contributed by atoms with Crippen LogP contribution >= 0.6 is 23.1 Å². The molecule has 90 valence electrons. The SMILES string of the molecule is COCC(Sc1nnc(N(C)C)s1)C(=O)O. The lowest BCUT2D eigenvalue weighted by molar-refractivity contribution is -0.137. The van der Waals surface area contributed by atoms with E-state index in [-0.39, 0.29) is 6.61 Å². The van der Waals surface area contributed by atoms with Gasteiger partial charge in [0.15, 0.2) is 4.34 Å². The number of methoxy groups -OCH3 is 1. The number of ether oxygens (including phenoxy) is 1. The molecule has 0 aliphatic heterocycles. The first-order valence-electron chi connectivity index (χ1n) is 4.43. The smallest absolute Gasteiger partial charge is 0.319 e. The molecule has 1 aromatic heterocycles. The van der Waals surface area contributed by atoms with E-state index in [0.29, 0.717) is 4.34 Å². The maximum atomic E-state index is 10.9. The first kappa shape index (κ1) is 13.2. The summed E-state index contributed by atoms with van der Waals surface area (Å²) in [6.45, 7) is 0.150. The Morgan fingerprint density at radius 2 is 2.31 bits per heavy atom. The molecule has 1 heterocycles. The number of hydrogen-bond acceptors (Lipinski definition) is 7. The summed E-state index contributed by atoms with van der Waals surface area (Å²) < 4.78 is 5.47. The van der Waals surface area contributed by atoms with Crippen LogP contribution in [0.3, 0.4) is 0 Å². The van der Waals surface area contributed by atoms with E-state index in [1.165, 1.54) is 18.4 Å². The summed E-state index contributed by atoms with van der Waals surface area (Å²) >= 11 is 2.51. The molecule has 0 amide bonds. The van der Waals surface area contributed by atoms with Crippen LogP contribution in [-0.2, 0) is 9.53 Å². The Labute approximate surface area is 102 Å². The van der Waals surface area contributed by atoms with Gasteiger partial charge in [-0.2, -0.15) is 0 Å². The number of aromatic nitrogens is 2. The van der Waals surface area contributed by atoms with Gasteiger partial charge < -0.3 is 14.7 Å². The fourth-order valence-corrected chi connectivity index (χ4v) is 2.76. The van der Waals surface area contributed by atoms with Crippen molar-refractivity contribution in [3.63, 3.8) is 0 Å². The van der Waals surface area contributed by atoms with Crippen LogP contribution in [0.1, 0.15) is 0 Å². The second-order valence-electron chi connectivity index (χ2n) is 3.15. The lowest BCUT2D eigenvalue weighted by atomic mass is 10.5. The summed E-state index contributed by atoms with van der Waals surface area (Å²) in [5.74, 6) is -0.909. The number of carbonyl (C=O) groups is 1. The average molecular weight is 263 g/mol. The number of carboxylic acid groups (broad SMARTS) is 1. The molecule has 0 spiro atoms. The average Bonchev–Trinajstić information content (AvgIpc) is 2.65. The molecule has 1 rings (SSSR count). The van der Waals surface area contributed by atoms with Gasteiger partial charge in [0.05, 0.1) is 6.61 Å². The van der Waals surface area contributed by atoms with E-state index in [1.807, 2.05) is 19.0 Å². The Kier molecular flexibility index (Phi) is 4.97. The van der Waals surface area contributed by atoms with Crippen molar-refractivity contribution >= 4 is 34.2 Å². The fraction of sp³-hybridized carbons (Fsp3) is 0.625. The van der Waals surface area contributed by atoms with Gasteiger partial charge in [-0.25, -0.2) is 0 Å². The van der Waals surface area contributed by atoms with Crippen LogP contribution < -0.4 is 4.90 Å². The molecule has 1 atom stereocenters. The van der Waals surface area contributed by atoms with Gasteiger partial charge in [-0.05, 0) is 0 Å². The molecule has 1 aromatic rings. The molecule has 0 radical (unpaired) electrons. The number of carboxylic acids is 1. The third kappa shape index (κ3) is 3.62. The summed E-state index contributed by atoms with van der Waals surface area (Å²) in [6, 6.07) is 0. The molecular formula is C8H13N3O3S2. The van der Waals surface area contributed by atoms with Crippen LogP contribution in [0.5, 0.6) is 0 Å². The van der Waals surface area contributed by atoms with Crippen LogP contribution in [-0.4, -0.2) is 54.3 Å². The maximum Gasteiger partial charge on any atom is 0.319 e. The Morgan fingerprint density at radius 3 is 2.75 bits per heavy atom. The number of aliphatic carboxylic acids is 1. The van der Waals surface area contributed by atoms with Gasteiger partial charge in [0.1, 0.15) is 5.25 Å². The summed E-state index contributed by atoms with van der Waals surface area (Å²) in [5, 5.41) is 16.9. The minimum atomic E-state index is -0.909. The predicted molar refractivity (Wildman–Crippen MR) is 63.4 cm³/mol. The molecule has 0 saturated heterocycles. The number of nitrogens with zero attached hydrogens (tertiary/aromatic N) is 3. The van der Waals surface area contributed by atoms with Crippen LogP contribution in [0.4, 0.5) is 5.13 Å². The van der Waals surface area contributed by atoms with E-state index in [2.05, 4.69) is 10.2 Å². The molecule has 0 saturated carbocycles. The zero-order valence-corrected chi connectivity index (χ0v) is 10.8. The van der Waals surface area contributed by atoms with Gasteiger partial charge in [0.2, 0.25) is 5.13 Å². The van der Waals surface area contributed by atoms with Gasteiger partial charge in [0.25, 0.3) is 0 Å². The first-order valence-corrected chi connectivity index (χ1v) is 6.13. The van der Waals surface area contributed by atoms with Gasteiger partial charge >= 0.3 is 5.97 Å². The lowest BCUT2D eigenvalue weighted by Gasteiger charge is -2.07. The Hall–Kier alpha value is -0.860. The number of anilines is 1. The fourth-order valence-electron chi connectivity index (χ4n) is 0.860. The van der Waals surface area contributed by atoms with Gasteiger partial charge in [0, 0.05) is 21.2 Å². The van der Waals surface area contributed by atoms with Gasteiger partial charge in [-0.1, -0.05) is 23.1 Å². The zero-order valence-electron chi connectivity index (χ0n) is 9.21. The van der Waals surface area contributed by atoms with Crippen molar-refractivity contribution in [2.45, 2.75) is 9.59 Å². The van der Waals surface area contributed by atoms with E-state index in [0.717, 1.165) is 16.9 Å². The van der Waals surface area contributed by atoms with Crippen LogP contribution in [0.2, 0.25) is 0 Å². The number of thioether (sulfide) groups is 1. The highest BCUT2D eigenvalue weighted by atomic mass is 32.2. The van der Waals surface area contributed by atoms with Crippen molar-refractivity contribution in [3.8, 4) is 0 Å². The molecule has 6 nitrogen and oxygen atoms in total. The molecular weight excluding hydrogens is 250 g/mol. The Bertz CT molecular complexity index is 356. The number of hydrogen-bond donors (Lipinski definition) is 1. The second kappa shape index (κ2) is 6.02. The number of rotatable bonds is 6. The molecule has 8 heteroatoms. The molecule has 1 N–H and O–H groups in total. The molecule has 0 bridgehead atoms. The van der Waals surface area contributed by atoms with Crippen LogP contribution in [0.25, 0.3) is 0 Å². The normalized spacial score (nSPS) is 12.4. The van der Waals surface area contributed by atoms with Crippen molar-refractivity contribution in [2.75, 3.05) is 32.7 Å². The molecule has 1 unspecified atom stereocenters. The maximum absolute atomic E-state index is 10.9. The third-order valence-corrected chi connectivity index (χ3v) is 3.94. The topological polar surface area (TPSA) is 75.6 Å². The molecule has 0 aromatic carbocycles. The van der Waals surface area contributed by atoms with E-state index >= 15 is 0 Å². The molecule has 0 aliphatic carbocycles. The van der Waals surface area contributed by atoms with Crippen molar-refractivity contribution in [2.24, 2.45) is 0 Å². The molecule has 16 heavy (non-hydrogen) atoms. The second-order valence-corrected chi connectivity index (χ2v) is 5.55. The van der Waals surface area contributed by atoms with E-state index in [1.54, 1.807) is 0 Å². The molecule has 0 fully saturated rings. The van der Waals surface area contributed by atoms with E-state index in [9.17, 15) is 4.79 Å². The highest BCUT2D eigenvalue weighted by Crippen LogP contribution is 2.30. The molecule has 0 aliphatic rings. The minimum absolute atomic E-state index is 0.150. The first-order chi connectivity index (χ1) is 7.54. The highest BCUT2D eigenvalue weighted by Gasteiger charge is 2.21. The summed E-state index contributed by atoms with van der Waals surface area (Å²) in [4.78, 5) is 12.7. The minimum Gasteiger partial charge on any atom is -0.480 e. The summed E-state index contributed by atoms with van der Waals surface area (Å²) in [6.07, 6.45) is 0. The van der Waals surface area contributed by atoms with Gasteiger partial charge in [-0.3, -0.25) is 4.79 Å². The van der Waals surface area contributed by atoms with E-state index < -0.39 is 11.2 Å². The lowest BCUT2D eigenvalue weighted by Crippen LogP contribution is -2.21. The Balaban J connectivity index is 2.66. The summed E-state index contributed by atoms with van der Waals surface area (Å²) in [7, 11) is 5.19. The third-order valence-electron chi connectivity index (χ3n) is 1.61. The van der Waals surface area contributed by atoms with Crippen molar-refractivity contribution < 1.29 is 14.6 Å². The van der Waals surface area contributed by atoms with Crippen molar-refractivity contribution in [1.82, 2.24) is 10.2 Å². The highest BCUT2D eigenvalue weighted by molar-refractivity contribution is 8.02.